The number of ether oxygens (including phenoxy) is 2. The van der Waals surface area contributed by atoms with Crippen molar-refractivity contribution in [2.75, 3.05) is 23.9 Å². The quantitative estimate of drug-likeness (QED) is 0.327. The number of nitrogens with zero attached hydrogens (tertiary/aromatic N) is 2. The molecule has 1 saturated heterocycles. The molecule has 186 valence electrons. The molecular weight excluding hydrogens is 498 g/mol. The van der Waals surface area contributed by atoms with Crippen LogP contribution in [0.1, 0.15) is 28.6 Å². The van der Waals surface area contributed by atoms with Gasteiger partial charge in [-0.05, 0) is 79.1 Å². The smallest absolute Gasteiger partial charge is 0.338 e. The molecule has 0 spiro atoms. The molecule has 0 radical (unpaired) electrons. The van der Waals surface area contributed by atoms with E-state index in [0.717, 1.165) is 4.88 Å². The van der Waals surface area contributed by atoms with E-state index < -0.39 is 12.0 Å². The van der Waals surface area contributed by atoms with Crippen LogP contribution in [0.25, 0.3) is 0 Å². The van der Waals surface area contributed by atoms with Gasteiger partial charge in [-0.3, -0.25) is 14.5 Å². The summed E-state index contributed by atoms with van der Waals surface area (Å²) in [4.78, 5) is 42.6. The van der Waals surface area contributed by atoms with Gasteiger partial charge in [0, 0.05) is 10.6 Å². The number of methoxy groups -OCH3 is 1. The SMILES string of the molecule is CCOC(=O)c1ccc(NC(=O)CC2C(=O)N(c3ccc(OC)cc3)C(=S)N2Cc2cccs2)cc1. The average Bonchev–Trinajstić information content (AvgIpc) is 3.47. The zero-order valence-corrected chi connectivity index (χ0v) is 21.4. The third-order valence-corrected chi connectivity index (χ3v) is 6.89. The lowest BCUT2D eigenvalue weighted by Gasteiger charge is -2.23. The van der Waals surface area contributed by atoms with E-state index in [2.05, 4.69) is 5.32 Å². The number of thiophene rings is 1. The number of anilines is 2. The van der Waals surface area contributed by atoms with Crippen LogP contribution < -0.4 is 15.0 Å². The summed E-state index contributed by atoms with van der Waals surface area (Å²) in [6.07, 6.45) is -0.0867. The molecule has 2 heterocycles. The summed E-state index contributed by atoms with van der Waals surface area (Å²) < 4.78 is 10.2. The molecule has 2 amide bonds. The molecule has 0 aliphatic carbocycles. The molecule has 1 unspecified atom stereocenters. The lowest BCUT2D eigenvalue weighted by molar-refractivity contribution is -0.124. The number of rotatable bonds is 9. The van der Waals surface area contributed by atoms with E-state index in [-0.39, 0.29) is 24.8 Å². The van der Waals surface area contributed by atoms with E-state index in [4.69, 9.17) is 21.7 Å². The van der Waals surface area contributed by atoms with E-state index in [0.29, 0.717) is 34.3 Å². The monoisotopic (exact) mass is 523 g/mol. The topological polar surface area (TPSA) is 88.2 Å². The number of nitrogens with one attached hydrogen (secondary N) is 1. The molecule has 8 nitrogen and oxygen atoms in total. The van der Waals surface area contributed by atoms with Crippen molar-refractivity contribution in [3.05, 3.63) is 76.5 Å². The average molecular weight is 524 g/mol. The number of esters is 1. The maximum absolute atomic E-state index is 13.5. The first-order valence-corrected chi connectivity index (χ1v) is 12.6. The summed E-state index contributed by atoms with van der Waals surface area (Å²) in [5, 5.41) is 5.11. The number of carbonyl (C=O) groups excluding carboxylic acids is 3. The van der Waals surface area contributed by atoms with Gasteiger partial charge in [-0.2, -0.15) is 0 Å². The van der Waals surface area contributed by atoms with Gasteiger partial charge in [-0.15, -0.1) is 11.3 Å². The van der Waals surface area contributed by atoms with Gasteiger partial charge in [0.1, 0.15) is 11.8 Å². The Kier molecular flexibility index (Phi) is 7.97. The third-order valence-electron chi connectivity index (χ3n) is 5.61. The van der Waals surface area contributed by atoms with Crippen molar-refractivity contribution < 1.29 is 23.9 Å². The van der Waals surface area contributed by atoms with E-state index in [1.165, 1.54) is 4.90 Å². The molecule has 10 heteroatoms. The fraction of sp³-hybridized carbons (Fsp3) is 0.231. The van der Waals surface area contributed by atoms with Gasteiger partial charge in [0.05, 0.1) is 37.9 Å². The summed E-state index contributed by atoms with van der Waals surface area (Å²) in [7, 11) is 1.57. The first kappa shape index (κ1) is 25.3. The fourth-order valence-corrected chi connectivity index (χ4v) is 4.93. The Morgan fingerprint density at radius 2 is 1.81 bits per heavy atom. The second kappa shape index (κ2) is 11.3. The molecule has 4 rings (SSSR count). The Balaban J connectivity index is 1.52. The lowest BCUT2D eigenvalue weighted by atomic mass is 10.1. The standard InChI is InChI=1S/C26H25N3O5S2/c1-3-34-25(32)17-6-8-18(9-7-17)27-23(30)15-22-24(31)29(19-10-12-20(33-2)13-11-19)26(35)28(22)16-21-5-4-14-36-21/h4-14,22H,3,15-16H2,1-2H3,(H,27,30). The minimum atomic E-state index is -0.763. The molecule has 0 saturated carbocycles. The van der Waals surface area contributed by atoms with Crippen molar-refractivity contribution in [2.45, 2.75) is 25.9 Å². The van der Waals surface area contributed by atoms with E-state index >= 15 is 0 Å². The predicted molar refractivity (Wildman–Crippen MR) is 142 cm³/mol. The van der Waals surface area contributed by atoms with Crippen molar-refractivity contribution in [3.63, 3.8) is 0 Å². The van der Waals surface area contributed by atoms with Gasteiger partial charge >= 0.3 is 5.97 Å². The van der Waals surface area contributed by atoms with Crippen LogP contribution in [-0.4, -0.2) is 47.6 Å². The normalized spacial score (nSPS) is 15.2. The van der Waals surface area contributed by atoms with Gasteiger partial charge < -0.3 is 19.7 Å². The zero-order valence-electron chi connectivity index (χ0n) is 19.8. The molecule has 0 bridgehead atoms. The predicted octanol–water partition coefficient (Wildman–Crippen LogP) is 4.46. The second-order valence-electron chi connectivity index (χ2n) is 7.93. The summed E-state index contributed by atoms with van der Waals surface area (Å²) in [5.74, 6) is -0.373. The van der Waals surface area contributed by atoms with Gasteiger partial charge in [0.15, 0.2) is 5.11 Å². The summed E-state index contributed by atoms with van der Waals surface area (Å²) in [6, 6.07) is 16.6. The van der Waals surface area contributed by atoms with Crippen LogP contribution >= 0.6 is 23.6 Å². The molecule has 1 atom stereocenters. The molecule has 1 aromatic heterocycles. The van der Waals surface area contributed by atoms with Gasteiger partial charge in [-0.25, -0.2) is 4.79 Å². The van der Waals surface area contributed by atoms with E-state index in [9.17, 15) is 14.4 Å². The van der Waals surface area contributed by atoms with Crippen molar-refractivity contribution in [2.24, 2.45) is 0 Å². The summed E-state index contributed by atoms with van der Waals surface area (Å²) in [5.41, 5.74) is 1.51. The highest BCUT2D eigenvalue weighted by molar-refractivity contribution is 7.80. The van der Waals surface area contributed by atoms with Crippen LogP contribution in [0, 0.1) is 0 Å². The Morgan fingerprint density at radius 1 is 1.08 bits per heavy atom. The molecule has 1 N–H and O–H groups in total. The summed E-state index contributed by atoms with van der Waals surface area (Å²) >= 11 is 7.26. The van der Waals surface area contributed by atoms with E-state index in [1.54, 1.807) is 78.8 Å². The van der Waals surface area contributed by atoms with Gasteiger partial charge in [0.2, 0.25) is 5.91 Å². The van der Waals surface area contributed by atoms with Crippen LogP contribution in [0.5, 0.6) is 5.75 Å². The highest BCUT2D eigenvalue weighted by atomic mass is 32.1. The van der Waals surface area contributed by atoms with Crippen LogP contribution in [-0.2, 0) is 20.9 Å². The van der Waals surface area contributed by atoms with E-state index in [1.807, 2.05) is 17.5 Å². The van der Waals surface area contributed by atoms with Crippen LogP contribution in [0.4, 0.5) is 11.4 Å². The number of thiocarbonyl (C=S) groups is 1. The molecular formula is C26H25N3O5S2. The molecule has 1 aliphatic rings. The second-order valence-corrected chi connectivity index (χ2v) is 9.32. The Bertz CT molecular complexity index is 1240. The first-order chi connectivity index (χ1) is 17.4. The molecule has 2 aromatic carbocycles. The van der Waals surface area contributed by atoms with Crippen molar-refractivity contribution >= 4 is 57.8 Å². The van der Waals surface area contributed by atoms with Crippen LogP contribution in [0.15, 0.2) is 66.0 Å². The van der Waals surface area contributed by atoms with Crippen LogP contribution in [0.2, 0.25) is 0 Å². The van der Waals surface area contributed by atoms with Gasteiger partial charge in [0.25, 0.3) is 5.91 Å². The Hall–Kier alpha value is -3.76. The Labute approximate surface area is 218 Å². The zero-order chi connectivity index (χ0) is 25.7. The van der Waals surface area contributed by atoms with Crippen molar-refractivity contribution in [1.29, 1.82) is 0 Å². The summed E-state index contributed by atoms with van der Waals surface area (Å²) in [6.45, 7) is 2.44. The minimum absolute atomic E-state index is 0.0867. The lowest BCUT2D eigenvalue weighted by Crippen LogP contribution is -2.37. The molecule has 36 heavy (non-hydrogen) atoms. The minimum Gasteiger partial charge on any atom is -0.497 e. The van der Waals surface area contributed by atoms with Crippen LogP contribution in [0.3, 0.4) is 0 Å². The highest BCUT2D eigenvalue weighted by Gasteiger charge is 2.44. The molecule has 3 aromatic rings. The molecule has 1 aliphatic heterocycles. The maximum Gasteiger partial charge on any atom is 0.338 e. The number of carbonyl (C=O) groups is 3. The van der Waals surface area contributed by atoms with Crippen molar-refractivity contribution in [3.8, 4) is 5.75 Å². The third kappa shape index (κ3) is 5.55. The number of benzene rings is 2. The fourth-order valence-electron chi connectivity index (χ4n) is 3.84. The van der Waals surface area contributed by atoms with Crippen molar-refractivity contribution in [1.82, 2.24) is 4.90 Å². The number of amides is 2. The maximum atomic E-state index is 13.5. The number of hydrogen-bond acceptors (Lipinski definition) is 7. The van der Waals surface area contributed by atoms with Gasteiger partial charge in [-0.1, -0.05) is 6.07 Å². The molecule has 1 fully saturated rings. The highest BCUT2D eigenvalue weighted by Crippen LogP contribution is 2.30. The Morgan fingerprint density at radius 3 is 2.42 bits per heavy atom. The first-order valence-electron chi connectivity index (χ1n) is 11.3. The largest absolute Gasteiger partial charge is 0.497 e. The number of hydrogen-bond donors (Lipinski definition) is 1.